The maximum Gasteiger partial charge on any atom is 0.128 e. The molecule has 1 aromatic heterocycles. The topological polar surface area (TPSA) is 37.0 Å². The van der Waals surface area contributed by atoms with Crippen LogP contribution in [0.3, 0.4) is 0 Å². The predicted octanol–water partition coefficient (Wildman–Crippen LogP) is 3.36. The van der Waals surface area contributed by atoms with Crippen LogP contribution in [0.1, 0.15) is 34.6 Å². The minimum atomic E-state index is 0.0453. The molecule has 0 amide bonds. The largest absolute Gasteiger partial charge is 0.370 e. The van der Waals surface area contributed by atoms with Crippen LogP contribution in [0, 0.1) is 5.92 Å². The van der Waals surface area contributed by atoms with E-state index in [1.54, 1.807) is 0 Å². The van der Waals surface area contributed by atoms with Gasteiger partial charge in [0.15, 0.2) is 0 Å². The average Bonchev–Trinajstić information content (AvgIpc) is 2.12. The van der Waals surface area contributed by atoms with Crippen LogP contribution in [-0.4, -0.2) is 17.1 Å². The fourth-order valence-electron chi connectivity index (χ4n) is 1.30. The lowest BCUT2D eigenvalue weighted by Crippen LogP contribution is -2.26. The third-order valence-corrected chi connectivity index (χ3v) is 1.94. The van der Waals surface area contributed by atoms with E-state index in [2.05, 4.69) is 50.2 Å². The average molecular weight is 221 g/mol. The summed E-state index contributed by atoms with van der Waals surface area (Å²) in [7, 11) is 0. The zero-order chi connectivity index (χ0) is 12.2. The van der Waals surface area contributed by atoms with Crippen molar-refractivity contribution in [2.45, 2.75) is 40.2 Å². The molecule has 0 spiro atoms. The van der Waals surface area contributed by atoms with Gasteiger partial charge in [0, 0.05) is 12.1 Å². The van der Waals surface area contributed by atoms with E-state index in [9.17, 15) is 0 Å². The van der Waals surface area contributed by atoms with Crippen LogP contribution in [0.5, 0.6) is 0 Å². The molecule has 0 radical (unpaired) electrons. The van der Waals surface area contributed by atoms with Gasteiger partial charge >= 0.3 is 0 Å². The van der Waals surface area contributed by atoms with Crippen molar-refractivity contribution >= 4 is 11.6 Å². The van der Waals surface area contributed by atoms with Gasteiger partial charge in [-0.05, 0) is 38.8 Å². The fourth-order valence-corrected chi connectivity index (χ4v) is 1.30. The number of nitrogens with one attached hydrogen (secondary N) is 2. The van der Waals surface area contributed by atoms with Gasteiger partial charge in [-0.25, -0.2) is 4.98 Å². The summed E-state index contributed by atoms with van der Waals surface area (Å²) >= 11 is 0. The predicted molar refractivity (Wildman–Crippen MR) is 70.9 cm³/mol. The van der Waals surface area contributed by atoms with Crippen molar-refractivity contribution in [1.82, 2.24) is 4.98 Å². The van der Waals surface area contributed by atoms with E-state index in [0.717, 1.165) is 18.2 Å². The molecule has 0 aliphatic heterocycles. The molecule has 0 fully saturated rings. The quantitative estimate of drug-likeness (QED) is 0.818. The maximum absolute atomic E-state index is 4.51. The van der Waals surface area contributed by atoms with Gasteiger partial charge in [-0.15, -0.1) is 0 Å². The second kappa shape index (κ2) is 5.19. The summed E-state index contributed by atoms with van der Waals surface area (Å²) in [5.74, 6) is 2.48. The summed E-state index contributed by atoms with van der Waals surface area (Å²) in [6, 6.07) is 6.01. The standard InChI is InChI=1S/C13H23N3/c1-10(2)9-14-11-7-6-8-12(15-11)16-13(3,4)5/h6-8,10H,9H2,1-5H3,(H2,14,15,16). The van der Waals surface area contributed by atoms with E-state index >= 15 is 0 Å². The zero-order valence-electron chi connectivity index (χ0n) is 11.0. The van der Waals surface area contributed by atoms with E-state index in [-0.39, 0.29) is 5.54 Å². The van der Waals surface area contributed by atoms with Crippen molar-refractivity contribution in [3.8, 4) is 0 Å². The number of hydrogen-bond acceptors (Lipinski definition) is 3. The molecule has 16 heavy (non-hydrogen) atoms. The van der Waals surface area contributed by atoms with E-state index in [1.165, 1.54) is 0 Å². The first kappa shape index (κ1) is 12.8. The first-order valence-corrected chi connectivity index (χ1v) is 5.86. The van der Waals surface area contributed by atoms with Crippen LogP contribution in [0.2, 0.25) is 0 Å². The van der Waals surface area contributed by atoms with Crippen LogP contribution >= 0.6 is 0 Å². The minimum absolute atomic E-state index is 0.0453. The molecule has 1 aromatic rings. The van der Waals surface area contributed by atoms with E-state index < -0.39 is 0 Å². The Morgan fingerprint density at radius 2 is 1.81 bits per heavy atom. The summed E-state index contributed by atoms with van der Waals surface area (Å²) in [5.41, 5.74) is 0.0453. The van der Waals surface area contributed by atoms with E-state index in [0.29, 0.717) is 5.92 Å². The van der Waals surface area contributed by atoms with Crippen molar-refractivity contribution in [2.75, 3.05) is 17.2 Å². The molecule has 0 atom stereocenters. The molecule has 3 nitrogen and oxygen atoms in total. The molecule has 0 saturated heterocycles. The molecule has 1 heterocycles. The van der Waals surface area contributed by atoms with Gasteiger partial charge in [0.25, 0.3) is 0 Å². The number of rotatable bonds is 4. The number of nitrogens with zero attached hydrogens (tertiary/aromatic N) is 1. The normalized spacial score (nSPS) is 11.6. The molecular weight excluding hydrogens is 198 g/mol. The Morgan fingerprint density at radius 3 is 2.38 bits per heavy atom. The summed E-state index contributed by atoms with van der Waals surface area (Å²) in [6.07, 6.45) is 0. The lowest BCUT2D eigenvalue weighted by atomic mass is 10.1. The highest BCUT2D eigenvalue weighted by atomic mass is 15.1. The van der Waals surface area contributed by atoms with Crippen LogP contribution < -0.4 is 10.6 Å². The SMILES string of the molecule is CC(C)CNc1cccc(NC(C)(C)C)n1. The second-order valence-electron chi connectivity index (χ2n) is 5.56. The van der Waals surface area contributed by atoms with Gasteiger partial charge in [-0.2, -0.15) is 0 Å². The number of pyridine rings is 1. The fraction of sp³-hybridized carbons (Fsp3) is 0.615. The molecule has 0 unspecified atom stereocenters. The van der Waals surface area contributed by atoms with Gasteiger partial charge in [0.05, 0.1) is 0 Å². The van der Waals surface area contributed by atoms with Gasteiger partial charge in [0.1, 0.15) is 11.6 Å². The molecule has 0 aromatic carbocycles. The Kier molecular flexibility index (Phi) is 4.16. The molecule has 0 saturated carbocycles. The highest BCUT2D eigenvalue weighted by Crippen LogP contribution is 2.14. The summed E-state index contributed by atoms with van der Waals surface area (Å²) in [4.78, 5) is 4.51. The number of anilines is 2. The first-order valence-electron chi connectivity index (χ1n) is 5.86. The zero-order valence-corrected chi connectivity index (χ0v) is 11.0. The van der Waals surface area contributed by atoms with E-state index in [1.807, 2.05) is 18.2 Å². The molecule has 0 aliphatic rings. The highest BCUT2D eigenvalue weighted by Gasteiger charge is 2.09. The third kappa shape index (κ3) is 5.01. The Hall–Kier alpha value is -1.25. The second-order valence-corrected chi connectivity index (χ2v) is 5.56. The lowest BCUT2D eigenvalue weighted by Gasteiger charge is -2.21. The van der Waals surface area contributed by atoms with Crippen LogP contribution in [-0.2, 0) is 0 Å². The van der Waals surface area contributed by atoms with Crippen LogP contribution in [0.15, 0.2) is 18.2 Å². The highest BCUT2D eigenvalue weighted by molar-refractivity contribution is 5.46. The Bertz CT molecular complexity index is 326. The molecule has 0 bridgehead atoms. The number of hydrogen-bond donors (Lipinski definition) is 2. The van der Waals surface area contributed by atoms with Gasteiger partial charge in [-0.3, -0.25) is 0 Å². The van der Waals surface area contributed by atoms with Crippen molar-refractivity contribution in [3.05, 3.63) is 18.2 Å². The van der Waals surface area contributed by atoms with Gasteiger partial charge in [-0.1, -0.05) is 19.9 Å². The molecular formula is C13H23N3. The molecule has 1 rings (SSSR count). The van der Waals surface area contributed by atoms with Crippen molar-refractivity contribution in [1.29, 1.82) is 0 Å². The summed E-state index contributed by atoms with van der Waals surface area (Å²) in [6.45, 7) is 11.7. The van der Waals surface area contributed by atoms with Crippen molar-refractivity contribution < 1.29 is 0 Å². The third-order valence-electron chi connectivity index (χ3n) is 1.94. The van der Waals surface area contributed by atoms with Gasteiger partial charge < -0.3 is 10.6 Å². The number of aromatic nitrogens is 1. The Morgan fingerprint density at radius 1 is 1.19 bits per heavy atom. The maximum atomic E-state index is 4.51. The Balaban J connectivity index is 2.64. The minimum Gasteiger partial charge on any atom is -0.370 e. The molecule has 0 aliphatic carbocycles. The molecule has 2 N–H and O–H groups in total. The van der Waals surface area contributed by atoms with Crippen LogP contribution in [0.25, 0.3) is 0 Å². The summed E-state index contributed by atoms with van der Waals surface area (Å²) in [5, 5.41) is 6.68. The molecule has 90 valence electrons. The van der Waals surface area contributed by atoms with Crippen LogP contribution in [0.4, 0.5) is 11.6 Å². The lowest BCUT2D eigenvalue weighted by molar-refractivity contribution is 0.630. The monoisotopic (exact) mass is 221 g/mol. The Labute approximate surface area is 98.7 Å². The smallest absolute Gasteiger partial charge is 0.128 e. The molecule has 3 heteroatoms. The van der Waals surface area contributed by atoms with Gasteiger partial charge in [0.2, 0.25) is 0 Å². The summed E-state index contributed by atoms with van der Waals surface area (Å²) < 4.78 is 0. The van der Waals surface area contributed by atoms with Crippen molar-refractivity contribution in [3.63, 3.8) is 0 Å². The first-order chi connectivity index (χ1) is 7.37. The van der Waals surface area contributed by atoms with Crippen molar-refractivity contribution in [2.24, 2.45) is 5.92 Å². The van der Waals surface area contributed by atoms with E-state index in [4.69, 9.17) is 0 Å².